The first-order chi connectivity index (χ1) is 8.60. The van der Waals surface area contributed by atoms with Gasteiger partial charge < -0.3 is 5.73 Å². The molecule has 1 atom stereocenters. The van der Waals surface area contributed by atoms with Crippen LogP contribution in [0.1, 0.15) is 26.0 Å². The van der Waals surface area contributed by atoms with Crippen LogP contribution in [0.3, 0.4) is 0 Å². The average molecular weight is 305 g/mol. The molecule has 0 bridgehead atoms. The van der Waals surface area contributed by atoms with E-state index in [4.69, 9.17) is 5.73 Å². The van der Waals surface area contributed by atoms with Crippen molar-refractivity contribution in [3.8, 4) is 0 Å². The van der Waals surface area contributed by atoms with Crippen molar-refractivity contribution in [2.75, 3.05) is 24.5 Å². The molecule has 1 fully saturated rings. The largest absolute Gasteiger partial charge is 0.326 e. The van der Waals surface area contributed by atoms with Crippen LogP contribution in [0.2, 0.25) is 0 Å². The van der Waals surface area contributed by atoms with Gasteiger partial charge in [-0.3, -0.25) is 14.6 Å². The van der Waals surface area contributed by atoms with E-state index in [9.17, 15) is 4.79 Å². The molecule has 108 valence electrons. The van der Waals surface area contributed by atoms with Gasteiger partial charge in [-0.15, -0.1) is 23.7 Å². The Morgan fingerprint density at radius 3 is 2.95 bits per heavy atom. The van der Waals surface area contributed by atoms with Crippen LogP contribution in [0, 0.1) is 0 Å². The Hall–Kier alpha value is -0.690. The molecule has 1 saturated heterocycles. The first-order valence-electron chi connectivity index (χ1n) is 6.30. The third-order valence-corrected chi connectivity index (χ3v) is 4.07. The maximum atomic E-state index is 11.4. The molecule has 0 spiro atoms. The molecule has 2 N–H and O–H groups in total. The van der Waals surface area contributed by atoms with Crippen LogP contribution in [-0.4, -0.2) is 41.5 Å². The SMILES string of the molecule is CCN(C(C)=O)c1nc(CN2CCC(N)C2)cs1.Cl. The van der Waals surface area contributed by atoms with E-state index < -0.39 is 0 Å². The standard InChI is InChI=1S/C12H20N4OS.ClH/c1-3-16(9(2)17)12-14-11(8-18-12)7-15-5-4-10(13)6-15;/h8,10H,3-7,13H2,1-2H3;1H. The molecule has 1 aliphatic rings. The van der Waals surface area contributed by atoms with Crippen molar-refractivity contribution in [3.05, 3.63) is 11.1 Å². The molecule has 2 heterocycles. The van der Waals surface area contributed by atoms with Gasteiger partial charge in [0.05, 0.1) is 5.69 Å². The highest BCUT2D eigenvalue weighted by Crippen LogP contribution is 2.22. The summed E-state index contributed by atoms with van der Waals surface area (Å²) in [7, 11) is 0. The fourth-order valence-corrected chi connectivity index (χ4v) is 3.14. The summed E-state index contributed by atoms with van der Waals surface area (Å²) >= 11 is 1.53. The Kier molecular flexibility index (Phi) is 6.19. The van der Waals surface area contributed by atoms with Gasteiger partial charge in [0.15, 0.2) is 5.13 Å². The molecule has 0 aromatic carbocycles. The Morgan fingerprint density at radius 2 is 2.42 bits per heavy atom. The minimum Gasteiger partial charge on any atom is -0.326 e. The molecule has 1 amide bonds. The van der Waals surface area contributed by atoms with E-state index >= 15 is 0 Å². The van der Waals surface area contributed by atoms with Gasteiger partial charge in [-0.05, 0) is 13.3 Å². The highest BCUT2D eigenvalue weighted by molar-refractivity contribution is 7.14. The molecule has 1 aromatic heterocycles. The minimum atomic E-state index is 0. The number of nitrogens with zero attached hydrogens (tertiary/aromatic N) is 3. The van der Waals surface area contributed by atoms with Gasteiger partial charge in [-0.25, -0.2) is 4.98 Å². The Balaban J connectivity index is 0.00000180. The van der Waals surface area contributed by atoms with Crippen molar-refractivity contribution in [1.82, 2.24) is 9.88 Å². The lowest BCUT2D eigenvalue weighted by Crippen LogP contribution is -2.28. The lowest BCUT2D eigenvalue weighted by molar-refractivity contribution is -0.116. The van der Waals surface area contributed by atoms with Gasteiger partial charge in [-0.2, -0.15) is 0 Å². The molecule has 5 nitrogen and oxygen atoms in total. The summed E-state index contributed by atoms with van der Waals surface area (Å²) in [4.78, 5) is 20.0. The summed E-state index contributed by atoms with van der Waals surface area (Å²) in [5.41, 5.74) is 6.91. The second-order valence-corrected chi connectivity index (χ2v) is 5.51. The molecule has 2 rings (SSSR count). The number of anilines is 1. The molecule has 0 aliphatic carbocycles. The first kappa shape index (κ1) is 16.4. The number of likely N-dealkylation sites (tertiary alicyclic amines) is 1. The summed E-state index contributed by atoms with van der Waals surface area (Å²) in [6.07, 6.45) is 1.06. The molecule has 1 unspecified atom stereocenters. The van der Waals surface area contributed by atoms with E-state index in [0.29, 0.717) is 12.6 Å². The van der Waals surface area contributed by atoms with E-state index in [0.717, 1.165) is 36.9 Å². The van der Waals surface area contributed by atoms with Crippen LogP contribution in [0.15, 0.2) is 5.38 Å². The van der Waals surface area contributed by atoms with Gasteiger partial charge in [0.1, 0.15) is 0 Å². The van der Waals surface area contributed by atoms with Crippen molar-refractivity contribution >= 4 is 34.8 Å². The number of rotatable bonds is 4. The fourth-order valence-electron chi connectivity index (χ4n) is 2.22. The van der Waals surface area contributed by atoms with Crippen molar-refractivity contribution in [3.63, 3.8) is 0 Å². The summed E-state index contributed by atoms with van der Waals surface area (Å²) in [5, 5.41) is 2.83. The molecular formula is C12H21ClN4OS. The van der Waals surface area contributed by atoms with E-state index in [1.54, 1.807) is 11.8 Å². The number of aromatic nitrogens is 1. The van der Waals surface area contributed by atoms with Crippen molar-refractivity contribution < 1.29 is 4.79 Å². The fraction of sp³-hybridized carbons (Fsp3) is 0.667. The zero-order chi connectivity index (χ0) is 13.1. The van der Waals surface area contributed by atoms with Crippen LogP contribution < -0.4 is 10.6 Å². The molecule has 0 saturated carbocycles. The van der Waals surface area contributed by atoms with E-state index in [2.05, 4.69) is 9.88 Å². The van der Waals surface area contributed by atoms with Crippen LogP contribution in [-0.2, 0) is 11.3 Å². The second-order valence-electron chi connectivity index (χ2n) is 4.67. The highest BCUT2D eigenvalue weighted by Gasteiger charge is 2.20. The summed E-state index contributed by atoms with van der Waals surface area (Å²) < 4.78 is 0. The minimum absolute atomic E-state index is 0. The van der Waals surface area contributed by atoms with Crippen LogP contribution in [0.4, 0.5) is 5.13 Å². The molecule has 19 heavy (non-hydrogen) atoms. The first-order valence-corrected chi connectivity index (χ1v) is 7.18. The van der Waals surface area contributed by atoms with Crippen molar-refractivity contribution in [2.24, 2.45) is 5.73 Å². The van der Waals surface area contributed by atoms with Crippen LogP contribution >= 0.6 is 23.7 Å². The third-order valence-electron chi connectivity index (χ3n) is 3.16. The number of amides is 1. The van der Waals surface area contributed by atoms with Gasteiger partial charge in [0.25, 0.3) is 0 Å². The smallest absolute Gasteiger partial charge is 0.225 e. The quantitative estimate of drug-likeness (QED) is 0.915. The summed E-state index contributed by atoms with van der Waals surface area (Å²) in [6, 6.07) is 0.299. The molecule has 0 radical (unpaired) electrons. The van der Waals surface area contributed by atoms with Crippen molar-refractivity contribution in [2.45, 2.75) is 32.9 Å². The van der Waals surface area contributed by atoms with E-state index in [1.165, 1.54) is 11.3 Å². The number of halogens is 1. The lowest BCUT2D eigenvalue weighted by Gasteiger charge is -2.15. The maximum absolute atomic E-state index is 11.4. The van der Waals surface area contributed by atoms with Gasteiger partial charge in [0.2, 0.25) is 5.91 Å². The third kappa shape index (κ3) is 4.14. The number of thiazole rings is 1. The lowest BCUT2D eigenvalue weighted by atomic mass is 10.3. The number of nitrogens with two attached hydrogens (primary N) is 1. The second kappa shape index (κ2) is 7.19. The molecule has 7 heteroatoms. The zero-order valence-corrected chi connectivity index (χ0v) is 13.0. The molecule has 1 aromatic rings. The van der Waals surface area contributed by atoms with Crippen LogP contribution in [0.5, 0.6) is 0 Å². The molecular weight excluding hydrogens is 284 g/mol. The summed E-state index contributed by atoms with van der Waals surface area (Å²) in [6.45, 7) is 7.01. The predicted octanol–water partition coefficient (Wildman–Crippen LogP) is 1.47. The topological polar surface area (TPSA) is 62.5 Å². The Morgan fingerprint density at radius 1 is 1.68 bits per heavy atom. The highest BCUT2D eigenvalue weighted by atomic mass is 35.5. The average Bonchev–Trinajstić information content (AvgIpc) is 2.90. The van der Waals surface area contributed by atoms with E-state index in [1.807, 2.05) is 12.3 Å². The van der Waals surface area contributed by atoms with Gasteiger partial charge in [0, 0.05) is 44.5 Å². The monoisotopic (exact) mass is 304 g/mol. The Bertz CT molecular complexity index is 426. The molecule has 1 aliphatic heterocycles. The normalized spacial score (nSPS) is 19.2. The van der Waals surface area contributed by atoms with E-state index in [-0.39, 0.29) is 18.3 Å². The number of carbonyl (C=O) groups is 1. The van der Waals surface area contributed by atoms with Crippen LogP contribution in [0.25, 0.3) is 0 Å². The van der Waals surface area contributed by atoms with Gasteiger partial charge >= 0.3 is 0 Å². The zero-order valence-electron chi connectivity index (χ0n) is 11.3. The maximum Gasteiger partial charge on any atom is 0.225 e. The Labute approximate surface area is 124 Å². The number of hydrogen-bond acceptors (Lipinski definition) is 5. The number of hydrogen-bond donors (Lipinski definition) is 1. The summed E-state index contributed by atoms with van der Waals surface area (Å²) in [5.74, 6) is 0.0431. The van der Waals surface area contributed by atoms with Gasteiger partial charge in [-0.1, -0.05) is 0 Å². The predicted molar refractivity (Wildman–Crippen MR) is 80.9 cm³/mol. The van der Waals surface area contributed by atoms with Crippen molar-refractivity contribution in [1.29, 1.82) is 0 Å². The number of carbonyl (C=O) groups excluding carboxylic acids is 1.